The Morgan fingerprint density at radius 1 is 1.11 bits per heavy atom. The predicted molar refractivity (Wildman–Crippen MR) is 78.3 cm³/mol. The van der Waals surface area contributed by atoms with E-state index in [-0.39, 0.29) is 12.0 Å². The van der Waals surface area contributed by atoms with Gasteiger partial charge in [-0.3, -0.25) is 5.84 Å². The number of hydrogen-bond acceptors (Lipinski definition) is 4. The van der Waals surface area contributed by atoms with Gasteiger partial charge < -0.3 is 5.43 Å². The summed E-state index contributed by atoms with van der Waals surface area (Å²) in [6.07, 6.45) is 0. The molecule has 0 aromatic heterocycles. The number of rotatable bonds is 5. The number of nitrogens with two attached hydrogens (primary N) is 1. The fourth-order valence-corrected chi connectivity index (χ4v) is 3.74. The molecule has 108 valence electrons. The average Bonchev–Trinajstić information content (AvgIpc) is 2.26. The maximum atomic E-state index is 12.4. The summed E-state index contributed by atoms with van der Waals surface area (Å²) in [6.45, 7) is 9.36. The van der Waals surface area contributed by atoms with Crippen LogP contribution in [-0.2, 0) is 10.0 Å². The summed E-state index contributed by atoms with van der Waals surface area (Å²) in [7, 11) is -3.51. The number of sulfonamides is 1. The third-order valence-electron chi connectivity index (χ3n) is 3.24. The fraction of sp³-hybridized carbons (Fsp3) is 0.538. The highest BCUT2D eigenvalue weighted by molar-refractivity contribution is 7.89. The Labute approximate surface area is 115 Å². The van der Waals surface area contributed by atoms with Gasteiger partial charge in [0.15, 0.2) is 0 Å². The molecule has 1 unspecified atom stereocenters. The van der Waals surface area contributed by atoms with E-state index >= 15 is 0 Å². The minimum absolute atomic E-state index is 0.115. The van der Waals surface area contributed by atoms with Crippen molar-refractivity contribution in [1.82, 2.24) is 4.72 Å². The number of nitrogen functional groups attached to an aromatic ring is 1. The third-order valence-corrected chi connectivity index (χ3v) is 5.10. The van der Waals surface area contributed by atoms with Gasteiger partial charge in [0.2, 0.25) is 10.0 Å². The van der Waals surface area contributed by atoms with E-state index in [0.29, 0.717) is 21.7 Å². The Hall–Kier alpha value is -1.11. The molecule has 0 spiro atoms. The van der Waals surface area contributed by atoms with Gasteiger partial charge in [-0.1, -0.05) is 13.8 Å². The van der Waals surface area contributed by atoms with E-state index in [2.05, 4.69) is 10.1 Å². The molecule has 0 aliphatic carbocycles. The van der Waals surface area contributed by atoms with Crippen molar-refractivity contribution in [3.8, 4) is 0 Å². The number of benzene rings is 1. The second-order valence-electron chi connectivity index (χ2n) is 5.24. The Bertz CT molecular complexity index is 530. The van der Waals surface area contributed by atoms with Crippen molar-refractivity contribution < 1.29 is 8.42 Å². The molecule has 0 saturated carbocycles. The molecule has 0 saturated heterocycles. The average molecular weight is 285 g/mol. The highest BCUT2D eigenvalue weighted by Gasteiger charge is 2.23. The van der Waals surface area contributed by atoms with Gasteiger partial charge in [0.25, 0.3) is 0 Å². The lowest BCUT2D eigenvalue weighted by molar-refractivity contribution is 0.476. The number of hydrogen-bond donors (Lipinski definition) is 3. The zero-order valence-corrected chi connectivity index (χ0v) is 12.9. The third kappa shape index (κ3) is 3.68. The number of nitrogens with one attached hydrogen (secondary N) is 2. The molecule has 0 heterocycles. The topological polar surface area (TPSA) is 84.2 Å². The highest BCUT2D eigenvalue weighted by Crippen LogP contribution is 2.24. The van der Waals surface area contributed by atoms with Crippen molar-refractivity contribution in [2.24, 2.45) is 11.8 Å². The molecule has 1 rings (SSSR count). The van der Waals surface area contributed by atoms with Gasteiger partial charge in [0.1, 0.15) is 0 Å². The molecule has 1 aromatic rings. The monoisotopic (exact) mass is 285 g/mol. The van der Waals surface area contributed by atoms with Gasteiger partial charge in [0.05, 0.1) is 4.90 Å². The van der Waals surface area contributed by atoms with Crippen LogP contribution in [0.5, 0.6) is 0 Å². The standard InChI is InChI=1S/C13H23N3O2S/c1-8(2)11(5)16-19(17,18)13-9(3)6-12(15-14)7-10(13)4/h6-8,11,15-16H,14H2,1-5H3. The van der Waals surface area contributed by atoms with Crippen LogP contribution in [0.1, 0.15) is 31.9 Å². The maximum absolute atomic E-state index is 12.4. The van der Waals surface area contributed by atoms with Crippen LogP contribution in [0.15, 0.2) is 17.0 Å². The molecule has 0 fully saturated rings. The van der Waals surface area contributed by atoms with Crippen LogP contribution in [0.4, 0.5) is 5.69 Å². The minimum Gasteiger partial charge on any atom is -0.324 e. The van der Waals surface area contributed by atoms with E-state index in [4.69, 9.17) is 5.84 Å². The van der Waals surface area contributed by atoms with Crippen LogP contribution in [-0.4, -0.2) is 14.5 Å². The molecule has 0 amide bonds. The summed E-state index contributed by atoms with van der Waals surface area (Å²) in [5.41, 5.74) is 4.59. The molecular weight excluding hydrogens is 262 g/mol. The molecule has 4 N–H and O–H groups in total. The summed E-state index contributed by atoms with van der Waals surface area (Å²) in [5, 5.41) is 0. The minimum atomic E-state index is -3.51. The lowest BCUT2D eigenvalue weighted by Crippen LogP contribution is -2.36. The molecule has 6 heteroatoms. The molecule has 0 aliphatic heterocycles. The van der Waals surface area contributed by atoms with E-state index in [1.165, 1.54) is 0 Å². The summed E-state index contributed by atoms with van der Waals surface area (Å²) >= 11 is 0. The molecule has 5 nitrogen and oxygen atoms in total. The van der Waals surface area contributed by atoms with Crippen LogP contribution >= 0.6 is 0 Å². The van der Waals surface area contributed by atoms with Gasteiger partial charge in [-0.05, 0) is 49.9 Å². The van der Waals surface area contributed by atoms with E-state index in [0.717, 1.165) is 0 Å². The molecule has 1 atom stereocenters. The van der Waals surface area contributed by atoms with E-state index < -0.39 is 10.0 Å². The Morgan fingerprint density at radius 2 is 1.58 bits per heavy atom. The zero-order chi connectivity index (χ0) is 14.8. The molecule has 0 bridgehead atoms. The fourth-order valence-electron chi connectivity index (χ4n) is 1.90. The van der Waals surface area contributed by atoms with Crippen LogP contribution in [0, 0.1) is 19.8 Å². The second-order valence-corrected chi connectivity index (χ2v) is 6.89. The lowest BCUT2D eigenvalue weighted by atomic mass is 10.1. The zero-order valence-electron chi connectivity index (χ0n) is 12.1. The smallest absolute Gasteiger partial charge is 0.241 e. The van der Waals surface area contributed by atoms with Crippen molar-refractivity contribution in [2.45, 2.75) is 45.6 Å². The first-order chi connectivity index (χ1) is 8.69. The highest BCUT2D eigenvalue weighted by atomic mass is 32.2. The molecule has 0 radical (unpaired) electrons. The van der Waals surface area contributed by atoms with Crippen molar-refractivity contribution in [1.29, 1.82) is 0 Å². The normalized spacial score (nSPS) is 13.6. The molecular formula is C13H23N3O2S. The predicted octanol–water partition coefficient (Wildman–Crippen LogP) is 1.91. The van der Waals surface area contributed by atoms with Crippen LogP contribution in [0.3, 0.4) is 0 Å². The SMILES string of the molecule is Cc1cc(NN)cc(C)c1S(=O)(=O)NC(C)C(C)C. The Balaban J connectivity index is 3.22. The van der Waals surface area contributed by atoms with Crippen LogP contribution in [0.25, 0.3) is 0 Å². The van der Waals surface area contributed by atoms with Gasteiger partial charge in [-0.2, -0.15) is 0 Å². The number of aryl methyl sites for hydroxylation is 2. The maximum Gasteiger partial charge on any atom is 0.241 e. The summed E-state index contributed by atoms with van der Waals surface area (Å²) in [5.74, 6) is 5.59. The van der Waals surface area contributed by atoms with Gasteiger partial charge in [-0.25, -0.2) is 13.1 Å². The van der Waals surface area contributed by atoms with E-state index in [9.17, 15) is 8.42 Å². The Morgan fingerprint density at radius 3 is 1.95 bits per heavy atom. The number of anilines is 1. The van der Waals surface area contributed by atoms with E-state index in [1.54, 1.807) is 26.0 Å². The summed E-state index contributed by atoms with van der Waals surface area (Å²) < 4.78 is 27.6. The van der Waals surface area contributed by atoms with E-state index in [1.807, 2.05) is 20.8 Å². The van der Waals surface area contributed by atoms with Crippen LogP contribution in [0.2, 0.25) is 0 Å². The quantitative estimate of drug-likeness (QED) is 0.570. The Kier molecular flexibility index (Phi) is 4.95. The molecule has 0 aliphatic rings. The van der Waals surface area contributed by atoms with Crippen LogP contribution < -0.4 is 16.0 Å². The molecule has 19 heavy (non-hydrogen) atoms. The van der Waals surface area contributed by atoms with Gasteiger partial charge in [0, 0.05) is 11.7 Å². The van der Waals surface area contributed by atoms with Crippen molar-refractivity contribution in [2.75, 3.05) is 5.43 Å². The summed E-state index contributed by atoms with van der Waals surface area (Å²) in [4.78, 5) is 0.332. The number of hydrazine groups is 1. The summed E-state index contributed by atoms with van der Waals surface area (Å²) in [6, 6.07) is 3.33. The van der Waals surface area contributed by atoms with Gasteiger partial charge >= 0.3 is 0 Å². The second kappa shape index (κ2) is 5.90. The first-order valence-electron chi connectivity index (χ1n) is 6.29. The van der Waals surface area contributed by atoms with Crippen molar-refractivity contribution in [3.63, 3.8) is 0 Å². The first-order valence-corrected chi connectivity index (χ1v) is 7.77. The van der Waals surface area contributed by atoms with Gasteiger partial charge in [-0.15, -0.1) is 0 Å². The molecule has 1 aromatic carbocycles. The lowest BCUT2D eigenvalue weighted by Gasteiger charge is -2.20. The van der Waals surface area contributed by atoms with Crippen molar-refractivity contribution >= 4 is 15.7 Å². The first kappa shape index (κ1) is 15.9. The largest absolute Gasteiger partial charge is 0.324 e. The van der Waals surface area contributed by atoms with Crippen molar-refractivity contribution in [3.05, 3.63) is 23.3 Å².